The van der Waals surface area contributed by atoms with Crippen molar-refractivity contribution in [3.8, 4) is 44.5 Å². The Kier molecular flexibility index (Phi) is 5.74. The summed E-state index contributed by atoms with van der Waals surface area (Å²) in [7, 11) is 0. The van der Waals surface area contributed by atoms with Gasteiger partial charge in [-0.1, -0.05) is 164 Å². The Morgan fingerprint density at radius 1 is 0.273 bits per heavy atom. The van der Waals surface area contributed by atoms with E-state index in [1.807, 2.05) is 0 Å². The second-order valence-electron chi connectivity index (χ2n) is 12.0. The minimum atomic E-state index is 0.153. The molecule has 44 heavy (non-hydrogen) atoms. The van der Waals surface area contributed by atoms with Gasteiger partial charge in [0.15, 0.2) is 0 Å². The molecule has 0 saturated carbocycles. The van der Waals surface area contributed by atoms with Crippen molar-refractivity contribution >= 4 is 0 Å². The molecule has 0 heterocycles. The van der Waals surface area contributed by atoms with E-state index in [1.165, 1.54) is 77.9 Å². The molecule has 0 heteroatoms. The zero-order valence-electron chi connectivity index (χ0n) is 24.3. The second-order valence-corrected chi connectivity index (χ2v) is 12.0. The highest BCUT2D eigenvalue weighted by Crippen LogP contribution is 2.58. The lowest BCUT2D eigenvalue weighted by atomic mass is 9.84. The lowest BCUT2D eigenvalue weighted by Gasteiger charge is -2.19. The molecule has 2 unspecified atom stereocenters. The third-order valence-corrected chi connectivity index (χ3v) is 9.61. The minimum Gasteiger partial charge on any atom is -0.0622 e. The molecule has 0 fully saturated rings. The van der Waals surface area contributed by atoms with Crippen LogP contribution in [0.4, 0.5) is 0 Å². The number of rotatable bonds is 4. The summed E-state index contributed by atoms with van der Waals surface area (Å²) < 4.78 is 0. The van der Waals surface area contributed by atoms with Gasteiger partial charge in [-0.2, -0.15) is 0 Å². The van der Waals surface area contributed by atoms with Gasteiger partial charge in [0, 0.05) is 11.8 Å². The van der Waals surface area contributed by atoms with Crippen molar-refractivity contribution in [2.24, 2.45) is 0 Å². The molecule has 0 aromatic heterocycles. The third kappa shape index (κ3) is 3.85. The van der Waals surface area contributed by atoms with Crippen molar-refractivity contribution in [3.05, 3.63) is 203 Å². The number of hydrogen-bond donors (Lipinski definition) is 0. The molecule has 0 aliphatic heterocycles. The average molecular weight is 559 g/mol. The van der Waals surface area contributed by atoms with Crippen molar-refractivity contribution in [1.29, 1.82) is 0 Å². The highest BCUT2D eigenvalue weighted by atomic mass is 14.4. The van der Waals surface area contributed by atoms with Crippen LogP contribution in [0, 0.1) is 0 Å². The van der Waals surface area contributed by atoms with Crippen LogP contribution in [0.1, 0.15) is 45.2 Å². The maximum absolute atomic E-state index is 2.43. The molecule has 0 N–H and O–H groups in total. The largest absolute Gasteiger partial charge is 0.0622 e. The van der Waals surface area contributed by atoms with Crippen LogP contribution in [0.5, 0.6) is 0 Å². The summed E-state index contributed by atoms with van der Waals surface area (Å²) in [6.07, 6.45) is 0. The lowest BCUT2D eigenvalue weighted by molar-refractivity contribution is 0.998. The van der Waals surface area contributed by atoms with E-state index in [4.69, 9.17) is 0 Å². The van der Waals surface area contributed by atoms with Gasteiger partial charge in [0.2, 0.25) is 0 Å². The molecule has 0 bridgehead atoms. The van der Waals surface area contributed by atoms with Gasteiger partial charge in [-0.15, -0.1) is 0 Å². The Morgan fingerprint density at radius 2 is 0.682 bits per heavy atom. The first-order valence-electron chi connectivity index (χ1n) is 15.5. The van der Waals surface area contributed by atoms with E-state index < -0.39 is 0 Å². The maximum Gasteiger partial charge on any atom is 0.0352 e. The first-order chi connectivity index (χ1) is 21.8. The summed E-state index contributed by atoms with van der Waals surface area (Å²) in [5.41, 5.74) is 18.8. The van der Waals surface area contributed by atoms with Crippen LogP contribution in [-0.2, 0) is 0 Å². The monoisotopic (exact) mass is 558 g/mol. The van der Waals surface area contributed by atoms with E-state index in [0.717, 1.165) is 0 Å². The van der Waals surface area contributed by atoms with E-state index in [2.05, 4.69) is 170 Å². The Morgan fingerprint density at radius 3 is 1.18 bits per heavy atom. The van der Waals surface area contributed by atoms with Gasteiger partial charge in [-0.25, -0.2) is 0 Å². The summed E-state index contributed by atoms with van der Waals surface area (Å²) in [6.45, 7) is 0. The molecule has 2 atom stereocenters. The predicted molar refractivity (Wildman–Crippen MR) is 183 cm³/mol. The fraction of sp³-hybridized carbons (Fsp3) is 0.0455. The molecule has 0 amide bonds. The third-order valence-electron chi connectivity index (χ3n) is 9.61. The Labute approximate surface area is 258 Å². The zero-order valence-corrected chi connectivity index (χ0v) is 24.3. The molecule has 0 saturated heterocycles. The first kappa shape index (κ1) is 25.1. The SMILES string of the molecule is c1ccc(-c2cc(-c3ccccc3)cc(C3c4ccccc4-c4c3ccc3c4-c4ccccc4C3c3ccccc3)c2)cc1. The smallest absolute Gasteiger partial charge is 0.0352 e. The van der Waals surface area contributed by atoms with Crippen molar-refractivity contribution in [2.75, 3.05) is 0 Å². The highest BCUT2D eigenvalue weighted by Gasteiger charge is 2.38. The Hall–Kier alpha value is -5.46. The van der Waals surface area contributed by atoms with Crippen LogP contribution >= 0.6 is 0 Å². The predicted octanol–water partition coefficient (Wildman–Crippen LogP) is 11.3. The van der Waals surface area contributed by atoms with Gasteiger partial charge in [0.05, 0.1) is 0 Å². The van der Waals surface area contributed by atoms with Crippen LogP contribution in [0.25, 0.3) is 44.5 Å². The summed E-state index contributed by atoms with van der Waals surface area (Å²) in [5, 5.41) is 0. The summed E-state index contributed by atoms with van der Waals surface area (Å²) in [5.74, 6) is 0.394. The van der Waals surface area contributed by atoms with Crippen molar-refractivity contribution in [3.63, 3.8) is 0 Å². The number of fused-ring (bicyclic) bond motifs is 7. The highest BCUT2D eigenvalue weighted by molar-refractivity contribution is 5.98. The van der Waals surface area contributed by atoms with E-state index in [-0.39, 0.29) is 11.8 Å². The van der Waals surface area contributed by atoms with E-state index in [1.54, 1.807) is 0 Å². The van der Waals surface area contributed by atoms with Crippen LogP contribution in [0.2, 0.25) is 0 Å². The van der Waals surface area contributed by atoms with Crippen LogP contribution in [0.3, 0.4) is 0 Å². The molecule has 9 rings (SSSR count). The van der Waals surface area contributed by atoms with Gasteiger partial charge in [0.1, 0.15) is 0 Å². The molecular weight excluding hydrogens is 528 g/mol. The van der Waals surface area contributed by atoms with Gasteiger partial charge < -0.3 is 0 Å². The molecule has 2 aliphatic rings. The summed E-state index contributed by atoms with van der Waals surface area (Å²) in [4.78, 5) is 0. The topological polar surface area (TPSA) is 0 Å². The van der Waals surface area contributed by atoms with E-state index in [9.17, 15) is 0 Å². The average Bonchev–Trinajstić information content (AvgIpc) is 3.62. The van der Waals surface area contributed by atoms with Crippen LogP contribution in [-0.4, -0.2) is 0 Å². The quantitative estimate of drug-likeness (QED) is 0.201. The molecule has 0 radical (unpaired) electrons. The van der Waals surface area contributed by atoms with Gasteiger partial charge in [-0.3, -0.25) is 0 Å². The maximum atomic E-state index is 2.43. The van der Waals surface area contributed by atoms with Crippen LogP contribution < -0.4 is 0 Å². The lowest BCUT2D eigenvalue weighted by Crippen LogP contribution is -2.02. The van der Waals surface area contributed by atoms with E-state index in [0.29, 0.717) is 0 Å². The molecule has 0 nitrogen and oxygen atoms in total. The molecule has 206 valence electrons. The van der Waals surface area contributed by atoms with Gasteiger partial charge in [0.25, 0.3) is 0 Å². The fourth-order valence-corrected chi connectivity index (χ4v) is 7.76. The van der Waals surface area contributed by atoms with Crippen molar-refractivity contribution < 1.29 is 0 Å². The first-order valence-corrected chi connectivity index (χ1v) is 15.5. The Bertz CT molecular complexity index is 2100. The zero-order chi connectivity index (χ0) is 29.0. The fourth-order valence-electron chi connectivity index (χ4n) is 7.76. The minimum absolute atomic E-state index is 0.153. The van der Waals surface area contributed by atoms with Gasteiger partial charge >= 0.3 is 0 Å². The number of hydrogen-bond acceptors (Lipinski definition) is 0. The van der Waals surface area contributed by atoms with Crippen molar-refractivity contribution in [2.45, 2.75) is 11.8 Å². The van der Waals surface area contributed by atoms with Crippen molar-refractivity contribution in [1.82, 2.24) is 0 Å². The molecule has 7 aromatic rings. The standard InChI is InChI=1S/C44H30/c1-4-14-29(15-5-1)32-26-33(30-16-6-2-7-17-30)28-34(27-32)42-36-21-11-13-23-38(36)44-40(42)25-24-39-41(31-18-8-3-9-19-31)35-20-10-12-22-37(35)43(39)44/h1-28,41-42H. The Balaban J connectivity index is 1.30. The molecule has 7 aromatic carbocycles. The van der Waals surface area contributed by atoms with Crippen LogP contribution in [0.15, 0.2) is 170 Å². The molecule has 0 spiro atoms. The molecule has 2 aliphatic carbocycles. The number of benzene rings is 7. The normalized spacial score (nSPS) is 15.7. The summed E-state index contributed by atoms with van der Waals surface area (Å²) >= 11 is 0. The second kappa shape index (κ2) is 10.1. The summed E-state index contributed by atoms with van der Waals surface area (Å²) in [6, 6.07) is 62.8. The van der Waals surface area contributed by atoms with Gasteiger partial charge in [-0.05, 0) is 84.0 Å². The molecular formula is C44H30. The van der Waals surface area contributed by atoms with E-state index >= 15 is 0 Å².